The Bertz CT molecular complexity index is 292. The minimum atomic E-state index is 0.158. The van der Waals surface area contributed by atoms with Crippen molar-refractivity contribution < 1.29 is 4.74 Å². The highest BCUT2D eigenvalue weighted by molar-refractivity contribution is 5.20. The minimum Gasteiger partial charge on any atom is -0.375 e. The molecule has 1 aromatic carbocycles. The molecule has 2 nitrogen and oxygen atoms in total. The molecular formula is C14H23NO. The molecule has 0 spiro atoms. The molecular weight excluding hydrogens is 198 g/mol. The lowest BCUT2D eigenvalue weighted by molar-refractivity contribution is 0.103. The fraction of sp³-hybridized carbons (Fsp3) is 0.571. The SMILES string of the molecule is Cc1ccc(COC[C@@H](N)CC(C)C)cc1. The number of ether oxygens (including phenoxy) is 1. The number of hydrogen-bond donors (Lipinski definition) is 1. The molecule has 0 saturated carbocycles. The van der Waals surface area contributed by atoms with Crippen LogP contribution in [0.15, 0.2) is 24.3 Å². The van der Waals surface area contributed by atoms with Gasteiger partial charge in [0.1, 0.15) is 0 Å². The summed E-state index contributed by atoms with van der Waals surface area (Å²) in [5.41, 5.74) is 8.43. The van der Waals surface area contributed by atoms with E-state index in [4.69, 9.17) is 10.5 Å². The maximum absolute atomic E-state index is 5.94. The van der Waals surface area contributed by atoms with Crippen LogP contribution >= 0.6 is 0 Å². The van der Waals surface area contributed by atoms with Crippen LogP contribution in [0.1, 0.15) is 31.4 Å². The van der Waals surface area contributed by atoms with Crippen molar-refractivity contribution in [1.29, 1.82) is 0 Å². The number of nitrogens with two attached hydrogens (primary N) is 1. The molecule has 0 amide bonds. The molecule has 0 aliphatic rings. The summed E-state index contributed by atoms with van der Waals surface area (Å²) in [5, 5.41) is 0. The zero-order valence-electron chi connectivity index (χ0n) is 10.6. The average molecular weight is 221 g/mol. The first-order chi connectivity index (χ1) is 7.58. The molecule has 0 radical (unpaired) electrons. The monoisotopic (exact) mass is 221 g/mol. The van der Waals surface area contributed by atoms with Gasteiger partial charge in [0.05, 0.1) is 13.2 Å². The van der Waals surface area contributed by atoms with Crippen LogP contribution in [0.3, 0.4) is 0 Å². The number of rotatable bonds is 6. The van der Waals surface area contributed by atoms with Crippen molar-refractivity contribution in [3.05, 3.63) is 35.4 Å². The Labute approximate surface area is 98.8 Å². The second-order valence-corrected chi connectivity index (χ2v) is 4.89. The van der Waals surface area contributed by atoms with E-state index < -0.39 is 0 Å². The summed E-state index contributed by atoms with van der Waals surface area (Å²) < 4.78 is 5.60. The Morgan fingerprint density at radius 2 is 1.81 bits per heavy atom. The Hall–Kier alpha value is -0.860. The molecule has 0 unspecified atom stereocenters. The van der Waals surface area contributed by atoms with Crippen molar-refractivity contribution in [1.82, 2.24) is 0 Å². The van der Waals surface area contributed by atoms with Crippen molar-refractivity contribution in [2.45, 2.75) is 39.8 Å². The van der Waals surface area contributed by atoms with Gasteiger partial charge in [-0.25, -0.2) is 0 Å². The van der Waals surface area contributed by atoms with Crippen molar-refractivity contribution in [2.75, 3.05) is 6.61 Å². The molecule has 0 heterocycles. The maximum Gasteiger partial charge on any atom is 0.0717 e. The van der Waals surface area contributed by atoms with Gasteiger partial charge >= 0.3 is 0 Å². The zero-order valence-corrected chi connectivity index (χ0v) is 10.6. The van der Waals surface area contributed by atoms with E-state index in [2.05, 4.69) is 45.0 Å². The third-order valence-electron chi connectivity index (χ3n) is 2.50. The summed E-state index contributed by atoms with van der Waals surface area (Å²) in [6, 6.07) is 8.57. The molecule has 0 saturated heterocycles. The molecule has 2 heteroatoms. The molecule has 1 rings (SSSR count). The first-order valence-electron chi connectivity index (χ1n) is 5.97. The van der Waals surface area contributed by atoms with Crippen molar-refractivity contribution in [2.24, 2.45) is 11.7 Å². The maximum atomic E-state index is 5.94. The number of benzene rings is 1. The normalized spacial score (nSPS) is 13.1. The van der Waals surface area contributed by atoms with E-state index in [1.807, 2.05) is 0 Å². The van der Waals surface area contributed by atoms with Crippen LogP contribution in [0, 0.1) is 12.8 Å². The highest BCUT2D eigenvalue weighted by Gasteiger charge is 2.05. The molecule has 1 aromatic rings. The van der Waals surface area contributed by atoms with Crippen LogP contribution in [0.4, 0.5) is 0 Å². The number of aryl methyl sites for hydroxylation is 1. The average Bonchev–Trinajstić information content (AvgIpc) is 2.20. The fourth-order valence-corrected chi connectivity index (χ4v) is 1.69. The van der Waals surface area contributed by atoms with Crippen LogP contribution in [-0.4, -0.2) is 12.6 Å². The highest BCUT2D eigenvalue weighted by atomic mass is 16.5. The molecule has 0 aromatic heterocycles. The first kappa shape index (κ1) is 13.2. The third kappa shape index (κ3) is 5.29. The molecule has 0 fully saturated rings. The lowest BCUT2D eigenvalue weighted by Crippen LogP contribution is -2.27. The lowest BCUT2D eigenvalue weighted by Gasteiger charge is -2.14. The van der Waals surface area contributed by atoms with Gasteiger partial charge in [-0.3, -0.25) is 0 Å². The standard InChI is InChI=1S/C14H23NO/c1-11(2)8-14(15)10-16-9-13-6-4-12(3)5-7-13/h4-7,11,14H,8-10,15H2,1-3H3/t14-/m0/s1. The van der Waals surface area contributed by atoms with E-state index in [0.29, 0.717) is 19.1 Å². The molecule has 0 aliphatic heterocycles. The van der Waals surface area contributed by atoms with E-state index in [9.17, 15) is 0 Å². The van der Waals surface area contributed by atoms with Crippen molar-refractivity contribution in [3.63, 3.8) is 0 Å². The van der Waals surface area contributed by atoms with Crippen molar-refractivity contribution >= 4 is 0 Å². The molecule has 1 atom stereocenters. The van der Waals surface area contributed by atoms with Gasteiger partial charge < -0.3 is 10.5 Å². The van der Waals surface area contributed by atoms with Gasteiger partial charge in [-0.05, 0) is 24.8 Å². The predicted molar refractivity (Wildman–Crippen MR) is 68.3 cm³/mol. The quantitative estimate of drug-likeness (QED) is 0.801. The van der Waals surface area contributed by atoms with Crippen LogP contribution in [0.5, 0.6) is 0 Å². The van der Waals surface area contributed by atoms with Gasteiger partial charge in [0, 0.05) is 6.04 Å². The summed E-state index contributed by atoms with van der Waals surface area (Å²) in [6.45, 7) is 7.75. The Balaban J connectivity index is 2.22. The minimum absolute atomic E-state index is 0.158. The molecule has 0 bridgehead atoms. The largest absolute Gasteiger partial charge is 0.375 e. The van der Waals surface area contributed by atoms with E-state index >= 15 is 0 Å². The van der Waals surface area contributed by atoms with Crippen LogP contribution in [-0.2, 0) is 11.3 Å². The van der Waals surface area contributed by atoms with E-state index in [1.54, 1.807) is 0 Å². The van der Waals surface area contributed by atoms with Gasteiger partial charge in [-0.2, -0.15) is 0 Å². The van der Waals surface area contributed by atoms with E-state index in [-0.39, 0.29) is 6.04 Å². The summed E-state index contributed by atoms with van der Waals surface area (Å²) in [6.07, 6.45) is 1.02. The van der Waals surface area contributed by atoms with Gasteiger partial charge in [-0.15, -0.1) is 0 Å². The van der Waals surface area contributed by atoms with Crippen LogP contribution in [0.2, 0.25) is 0 Å². The van der Waals surface area contributed by atoms with Crippen molar-refractivity contribution in [3.8, 4) is 0 Å². The Morgan fingerprint density at radius 3 is 2.38 bits per heavy atom. The second-order valence-electron chi connectivity index (χ2n) is 4.89. The van der Waals surface area contributed by atoms with Gasteiger partial charge in [0.25, 0.3) is 0 Å². The van der Waals surface area contributed by atoms with Crippen LogP contribution < -0.4 is 5.73 Å². The smallest absolute Gasteiger partial charge is 0.0717 e. The van der Waals surface area contributed by atoms with E-state index in [0.717, 1.165) is 6.42 Å². The Morgan fingerprint density at radius 1 is 1.19 bits per heavy atom. The van der Waals surface area contributed by atoms with Gasteiger partial charge in [-0.1, -0.05) is 43.7 Å². The molecule has 90 valence electrons. The zero-order chi connectivity index (χ0) is 12.0. The molecule has 16 heavy (non-hydrogen) atoms. The van der Waals surface area contributed by atoms with Crippen LogP contribution in [0.25, 0.3) is 0 Å². The predicted octanol–water partition coefficient (Wildman–Crippen LogP) is 2.89. The number of hydrogen-bond acceptors (Lipinski definition) is 2. The van der Waals surface area contributed by atoms with Gasteiger partial charge in [0.15, 0.2) is 0 Å². The second kappa shape index (κ2) is 6.66. The highest BCUT2D eigenvalue weighted by Crippen LogP contribution is 2.06. The fourth-order valence-electron chi connectivity index (χ4n) is 1.69. The first-order valence-corrected chi connectivity index (χ1v) is 5.97. The topological polar surface area (TPSA) is 35.2 Å². The summed E-state index contributed by atoms with van der Waals surface area (Å²) in [5.74, 6) is 0.637. The summed E-state index contributed by atoms with van der Waals surface area (Å²) in [7, 11) is 0. The third-order valence-corrected chi connectivity index (χ3v) is 2.50. The molecule has 0 aliphatic carbocycles. The summed E-state index contributed by atoms with van der Waals surface area (Å²) in [4.78, 5) is 0. The lowest BCUT2D eigenvalue weighted by atomic mass is 10.1. The Kier molecular flexibility index (Phi) is 5.50. The molecule has 2 N–H and O–H groups in total. The van der Waals surface area contributed by atoms with Gasteiger partial charge in [0.2, 0.25) is 0 Å². The summed E-state index contributed by atoms with van der Waals surface area (Å²) >= 11 is 0. The van der Waals surface area contributed by atoms with E-state index in [1.165, 1.54) is 11.1 Å².